The molecule has 8 nitrogen and oxygen atoms in total. The van der Waals surface area contributed by atoms with Gasteiger partial charge in [-0.2, -0.15) is 11.8 Å². The van der Waals surface area contributed by atoms with Gasteiger partial charge >= 0.3 is 12.3 Å². The number of hydrogen-bond acceptors (Lipinski definition) is 7. The van der Waals surface area contributed by atoms with Gasteiger partial charge in [-0.05, 0) is 42.7 Å². The van der Waals surface area contributed by atoms with Gasteiger partial charge in [0.2, 0.25) is 0 Å². The third-order valence-corrected chi connectivity index (χ3v) is 4.91. The zero-order chi connectivity index (χ0) is 23.1. The van der Waals surface area contributed by atoms with E-state index < -0.39 is 36.7 Å². The van der Waals surface area contributed by atoms with Crippen LogP contribution in [0.15, 0.2) is 48.5 Å². The van der Waals surface area contributed by atoms with E-state index in [4.69, 9.17) is 4.74 Å². The van der Waals surface area contributed by atoms with Crippen LogP contribution in [-0.4, -0.2) is 48.7 Å². The number of thioether (sulfide) groups is 1. The summed E-state index contributed by atoms with van der Waals surface area (Å²) in [5.41, 5.74) is 0.544. The van der Waals surface area contributed by atoms with Crippen molar-refractivity contribution in [1.82, 2.24) is 5.32 Å². The Balaban J connectivity index is 1.54. The first-order valence-corrected chi connectivity index (χ1v) is 10.9. The van der Waals surface area contributed by atoms with Gasteiger partial charge in [0.25, 0.3) is 11.8 Å². The number of rotatable bonds is 9. The normalized spacial score (nSPS) is 14.3. The van der Waals surface area contributed by atoms with Gasteiger partial charge in [-0.25, -0.2) is 4.79 Å². The molecule has 0 saturated heterocycles. The van der Waals surface area contributed by atoms with Crippen LogP contribution in [0.25, 0.3) is 0 Å². The van der Waals surface area contributed by atoms with E-state index >= 15 is 0 Å². The number of esters is 1. The summed E-state index contributed by atoms with van der Waals surface area (Å²) < 4.78 is 39.8. The van der Waals surface area contributed by atoms with Gasteiger partial charge in [0.05, 0.1) is 0 Å². The average Bonchev–Trinajstić information content (AvgIpc) is 3.08. The summed E-state index contributed by atoms with van der Waals surface area (Å²) in [5, 5.41) is 5.03. The number of carbonyl (C=O) groups is 3. The molecule has 32 heavy (non-hydrogen) atoms. The summed E-state index contributed by atoms with van der Waals surface area (Å²) in [7, 11) is 0. The predicted octanol–water partition coefficient (Wildman–Crippen LogP) is 3.04. The van der Waals surface area contributed by atoms with E-state index in [9.17, 15) is 23.2 Å². The third kappa shape index (κ3) is 6.33. The Bertz CT molecular complexity index is 990. The summed E-state index contributed by atoms with van der Waals surface area (Å²) in [5.74, 6) is -1.69. The number of hydrogen-bond donors (Lipinski definition) is 2. The van der Waals surface area contributed by atoms with Crippen LogP contribution in [0.1, 0.15) is 16.8 Å². The molecule has 0 saturated carbocycles. The molecule has 0 radical (unpaired) electrons. The molecule has 170 valence electrons. The number of nitrogens with one attached hydrogen (secondary N) is 2. The number of ether oxygens (including phenoxy) is 3. The van der Waals surface area contributed by atoms with Crippen LogP contribution in [-0.2, 0) is 14.3 Å². The van der Waals surface area contributed by atoms with Crippen LogP contribution in [0.4, 0.5) is 14.5 Å². The second-order valence-corrected chi connectivity index (χ2v) is 7.64. The smallest absolute Gasteiger partial charge is 0.454 e. The van der Waals surface area contributed by atoms with Gasteiger partial charge in [-0.1, -0.05) is 18.2 Å². The van der Waals surface area contributed by atoms with Crippen molar-refractivity contribution >= 4 is 35.2 Å². The van der Waals surface area contributed by atoms with Gasteiger partial charge in [-0.15, -0.1) is 8.78 Å². The molecule has 3 rings (SSSR count). The maximum atomic E-state index is 13.1. The molecule has 0 aromatic heterocycles. The fourth-order valence-corrected chi connectivity index (χ4v) is 3.25. The molecular formula is C21H20F2N2O6S. The van der Waals surface area contributed by atoms with Crippen molar-refractivity contribution in [2.45, 2.75) is 18.8 Å². The Morgan fingerprint density at radius 1 is 1.09 bits per heavy atom. The highest BCUT2D eigenvalue weighted by Crippen LogP contribution is 2.42. The van der Waals surface area contributed by atoms with E-state index in [-0.39, 0.29) is 17.2 Å². The number of halogens is 2. The first-order chi connectivity index (χ1) is 15.3. The zero-order valence-electron chi connectivity index (χ0n) is 16.9. The van der Waals surface area contributed by atoms with Gasteiger partial charge in [0.15, 0.2) is 18.1 Å². The van der Waals surface area contributed by atoms with Crippen LogP contribution in [0.2, 0.25) is 0 Å². The molecule has 11 heteroatoms. The maximum absolute atomic E-state index is 13.1. The highest BCUT2D eigenvalue weighted by Gasteiger charge is 2.43. The van der Waals surface area contributed by atoms with Crippen molar-refractivity contribution in [2.75, 3.05) is 23.9 Å². The zero-order valence-corrected chi connectivity index (χ0v) is 17.7. The minimum absolute atomic E-state index is 0.155. The molecule has 2 amide bonds. The number of alkyl halides is 2. The van der Waals surface area contributed by atoms with E-state index in [1.54, 1.807) is 30.3 Å². The molecule has 2 aromatic carbocycles. The van der Waals surface area contributed by atoms with Crippen molar-refractivity contribution < 1.29 is 37.4 Å². The topological polar surface area (TPSA) is 103 Å². The van der Waals surface area contributed by atoms with Crippen LogP contribution in [0.5, 0.6) is 11.5 Å². The lowest BCUT2D eigenvalue weighted by Crippen LogP contribution is -2.43. The highest BCUT2D eigenvalue weighted by molar-refractivity contribution is 7.98. The summed E-state index contributed by atoms with van der Waals surface area (Å²) >= 11 is 1.49. The summed E-state index contributed by atoms with van der Waals surface area (Å²) in [6.07, 6.45) is -1.59. The lowest BCUT2D eigenvalue weighted by atomic mass is 10.1. The van der Waals surface area contributed by atoms with E-state index in [1.807, 2.05) is 6.26 Å². The Hall–Kier alpha value is -3.34. The molecular weight excluding hydrogens is 446 g/mol. The van der Waals surface area contributed by atoms with Crippen molar-refractivity contribution in [3.05, 3.63) is 54.1 Å². The number of anilines is 1. The van der Waals surface area contributed by atoms with Gasteiger partial charge < -0.3 is 24.8 Å². The molecule has 2 aromatic rings. The minimum atomic E-state index is -3.77. The molecule has 1 aliphatic heterocycles. The monoisotopic (exact) mass is 466 g/mol. The highest BCUT2D eigenvalue weighted by atomic mass is 32.2. The minimum Gasteiger partial charge on any atom is -0.454 e. The molecule has 0 aliphatic carbocycles. The summed E-state index contributed by atoms with van der Waals surface area (Å²) in [4.78, 5) is 36.9. The molecule has 1 aliphatic rings. The molecule has 0 bridgehead atoms. The third-order valence-electron chi connectivity index (χ3n) is 4.27. The molecule has 0 spiro atoms. The van der Waals surface area contributed by atoms with Crippen molar-refractivity contribution in [2.24, 2.45) is 0 Å². The van der Waals surface area contributed by atoms with Crippen molar-refractivity contribution in [3.8, 4) is 11.5 Å². The molecule has 1 heterocycles. The number of benzene rings is 2. The fraction of sp³-hybridized carbons (Fsp3) is 0.286. The Labute approximate surface area is 186 Å². The Kier molecular flexibility index (Phi) is 7.52. The standard InChI is InChI=1S/C21H20F2N2O6S/c1-32-10-9-15(25-19(27)13-5-3-2-4-6-13)20(28)29-12-18(26)24-14-7-8-16-17(11-14)31-21(22,23)30-16/h2-8,11,15H,9-10,12H2,1H3,(H,24,26)(H,25,27). The molecule has 2 N–H and O–H groups in total. The lowest BCUT2D eigenvalue weighted by Gasteiger charge is -2.17. The van der Waals surface area contributed by atoms with Gasteiger partial charge in [0, 0.05) is 17.3 Å². The molecule has 1 atom stereocenters. The Morgan fingerprint density at radius 3 is 2.53 bits per heavy atom. The van der Waals surface area contributed by atoms with Crippen LogP contribution >= 0.6 is 11.8 Å². The fourth-order valence-electron chi connectivity index (χ4n) is 2.78. The molecule has 0 fully saturated rings. The number of carbonyl (C=O) groups excluding carboxylic acids is 3. The van der Waals surface area contributed by atoms with E-state index in [0.29, 0.717) is 17.7 Å². The van der Waals surface area contributed by atoms with E-state index in [1.165, 1.54) is 23.9 Å². The quantitative estimate of drug-likeness (QED) is 0.548. The number of amides is 2. The second kappa shape index (κ2) is 10.3. The maximum Gasteiger partial charge on any atom is 0.586 e. The van der Waals surface area contributed by atoms with Crippen LogP contribution in [0.3, 0.4) is 0 Å². The average molecular weight is 466 g/mol. The van der Waals surface area contributed by atoms with Gasteiger partial charge in [0.1, 0.15) is 6.04 Å². The predicted molar refractivity (Wildman–Crippen MR) is 113 cm³/mol. The van der Waals surface area contributed by atoms with Crippen LogP contribution < -0.4 is 20.1 Å². The summed E-state index contributed by atoms with van der Waals surface area (Å²) in [6, 6.07) is 11.2. The van der Waals surface area contributed by atoms with Crippen molar-refractivity contribution in [3.63, 3.8) is 0 Å². The molecule has 1 unspecified atom stereocenters. The van der Waals surface area contributed by atoms with E-state index in [2.05, 4.69) is 20.1 Å². The van der Waals surface area contributed by atoms with Crippen LogP contribution in [0, 0.1) is 0 Å². The first-order valence-electron chi connectivity index (χ1n) is 9.48. The SMILES string of the molecule is CSCCC(NC(=O)c1ccccc1)C(=O)OCC(=O)Nc1ccc2c(c1)OC(F)(F)O2. The first kappa shape index (κ1) is 23.3. The van der Waals surface area contributed by atoms with E-state index in [0.717, 1.165) is 6.07 Å². The largest absolute Gasteiger partial charge is 0.586 e. The summed E-state index contributed by atoms with van der Waals surface area (Å²) in [6.45, 7) is -0.625. The lowest BCUT2D eigenvalue weighted by molar-refractivity contribution is -0.286. The van der Waals surface area contributed by atoms with Gasteiger partial charge in [-0.3, -0.25) is 9.59 Å². The second-order valence-electron chi connectivity index (χ2n) is 6.66. The number of fused-ring (bicyclic) bond motifs is 1. The Morgan fingerprint density at radius 2 is 1.81 bits per heavy atom. The van der Waals surface area contributed by atoms with Crippen molar-refractivity contribution in [1.29, 1.82) is 0 Å².